The van der Waals surface area contributed by atoms with Crippen molar-refractivity contribution in [3.8, 4) is 5.75 Å². The molecule has 1 heterocycles. The number of anilines is 1. The highest BCUT2D eigenvalue weighted by Gasteiger charge is 2.13. The first-order chi connectivity index (χ1) is 14.9. The van der Waals surface area contributed by atoms with E-state index in [1.807, 2.05) is 24.3 Å². The summed E-state index contributed by atoms with van der Waals surface area (Å²) < 4.78 is 6.03. The van der Waals surface area contributed by atoms with Gasteiger partial charge in [0, 0.05) is 12.1 Å². The number of methoxy groups -OCH3 is 1. The number of aromatic nitrogens is 3. The van der Waals surface area contributed by atoms with Crippen LogP contribution in [0.1, 0.15) is 36.6 Å². The first kappa shape index (κ1) is 22.4. The lowest BCUT2D eigenvalue weighted by Crippen LogP contribution is -2.34. The van der Waals surface area contributed by atoms with E-state index in [0.717, 1.165) is 22.0 Å². The first-order valence-corrected chi connectivity index (χ1v) is 10.7. The van der Waals surface area contributed by atoms with Gasteiger partial charge in [0.2, 0.25) is 11.1 Å². The minimum Gasteiger partial charge on any atom is -0.497 e. The van der Waals surface area contributed by atoms with Gasteiger partial charge in [-0.25, -0.2) is 0 Å². The molecule has 0 bridgehead atoms. The Balaban J connectivity index is 1.61. The molecule has 0 radical (unpaired) electrons. The van der Waals surface area contributed by atoms with Crippen LogP contribution in [0.5, 0.6) is 5.75 Å². The van der Waals surface area contributed by atoms with Crippen LogP contribution < -0.4 is 21.5 Å². The van der Waals surface area contributed by atoms with Crippen LogP contribution in [0.25, 0.3) is 0 Å². The van der Waals surface area contributed by atoms with Crippen molar-refractivity contribution in [3.05, 3.63) is 75.7 Å². The SMILES string of the molecule is COc1ccc(NC(=O)CSc2nnc(Cc3ccc(C(C)C)cc3)c(=O)n2N)cc1. The topological polar surface area (TPSA) is 112 Å². The zero-order valence-electron chi connectivity index (χ0n) is 17.7. The molecule has 0 fully saturated rings. The number of nitrogens with zero attached hydrogens (tertiary/aromatic N) is 3. The van der Waals surface area contributed by atoms with Crippen molar-refractivity contribution in [2.45, 2.75) is 31.3 Å². The lowest BCUT2D eigenvalue weighted by atomic mass is 10.0. The molecule has 1 aromatic heterocycles. The van der Waals surface area contributed by atoms with E-state index in [2.05, 4.69) is 29.4 Å². The van der Waals surface area contributed by atoms with E-state index >= 15 is 0 Å². The van der Waals surface area contributed by atoms with Crippen molar-refractivity contribution in [2.75, 3.05) is 24.0 Å². The summed E-state index contributed by atoms with van der Waals surface area (Å²) in [6, 6.07) is 15.0. The van der Waals surface area contributed by atoms with Crippen LogP contribution in [-0.2, 0) is 11.2 Å². The number of ether oxygens (including phenoxy) is 1. The number of nitrogen functional groups attached to an aromatic ring is 1. The molecule has 3 N–H and O–H groups in total. The number of benzene rings is 2. The number of carbonyl (C=O) groups excluding carboxylic acids is 1. The standard InChI is InChI=1S/C22H25N5O3S/c1-14(2)16-6-4-15(5-7-16)12-19-21(29)27(23)22(26-25-19)31-13-20(28)24-17-8-10-18(30-3)11-9-17/h4-11,14H,12-13,23H2,1-3H3,(H,24,28). The van der Waals surface area contributed by atoms with Crippen molar-refractivity contribution >= 4 is 23.4 Å². The molecule has 1 amide bonds. The van der Waals surface area contributed by atoms with E-state index in [9.17, 15) is 9.59 Å². The van der Waals surface area contributed by atoms with Gasteiger partial charge in [0.25, 0.3) is 5.56 Å². The molecule has 3 aromatic rings. The molecule has 9 heteroatoms. The largest absolute Gasteiger partial charge is 0.497 e. The Labute approximate surface area is 184 Å². The maximum absolute atomic E-state index is 12.6. The monoisotopic (exact) mass is 439 g/mol. The molecule has 0 aliphatic carbocycles. The van der Waals surface area contributed by atoms with Crippen molar-refractivity contribution in [1.29, 1.82) is 0 Å². The predicted octanol–water partition coefficient (Wildman–Crippen LogP) is 2.81. The van der Waals surface area contributed by atoms with Gasteiger partial charge in [-0.3, -0.25) is 9.59 Å². The summed E-state index contributed by atoms with van der Waals surface area (Å²) in [4.78, 5) is 24.8. The fourth-order valence-corrected chi connectivity index (χ4v) is 3.50. The third-order valence-corrected chi connectivity index (χ3v) is 5.60. The minimum atomic E-state index is -0.430. The predicted molar refractivity (Wildman–Crippen MR) is 122 cm³/mol. The van der Waals surface area contributed by atoms with Crippen molar-refractivity contribution < 1.29 is 9.53 Å². The van der Waals surface area contributed by atoms with E-state index in [4.69, 9.17) is 10.6 Å². The molecule has 0 aliphatic rings. The van der Waals surface area contributed by atoms with Gasteiger partial charge in [-0.15, -0.1) is 10.2 Å². The number of amides is 1. The minimum absolute atomic E-state index is 0.0351. The van der Waals surface area contributed by atoms with E-state index in [1.54, 1.807) is 31.4 Å². The molecule has 0 saturated carbocycles. The van der Waals surface area contributed by atoms with Crippen LogP contribution in [0.4, 0.5) is 5.69 Å². The Morgan fingerprint density at radius 2 is 1.81 bits per heavy atom. The fourth-order valence-electron chi connectivity index (χ4n) is 2.84. The number of hydrogen-bond acceptors (Lipinski definition) is 7. The van der Waals surface area contributed by atoms with E-state index in [-0.39, 0.29) is 22.5 Å². The molecule has 0 spiro atoms. The zero-order chi connectivity index (χ0) is 22.4. The summed E-state index contributed by atoms with van der Waals surface area (Å²) in [5.41, 5.74) is 2.65. The Hall–Kier alpha value is -3.33. The van der Waals surface area contributed by atoms with Gasteiger partial charge in [-0.1, -0.05) is 49.9 Å². The molecule has 0 saturated heterocycles. The van der Waals surface area contributed by atoms with Gasteiger partial charge in [0.05, 0.1) is 12.9 Å². The molecule has 2 aromatic carbocycles. The maximum Gasteiger partial charge on any atom is 0.294 e. The summed E-state index contributed by atoms with van der Waals surface area (Å²) in [6.07, 6.45) is 0.338. The molecular weight excluding hydrogens is 414 g/mol. The fraction of sp³-hybridized carbons (Fsp3) is 0.273. The van der Waals surface area contributed by atoms with Gasteiger partial charge < -0.3 is 15.9 Å². The molecule has 0 aliphatic heterocycles. The van der Waals surface area contributed by atoms with Crippen molar-refractivity contribution in [2.24, 2.45) is 0 Å². The Kier molecular flexibility index (Phi) is 7.30. The summed E-state index contributed by atoms with van der Waals surface area (Å²) in [5.74, 6) is 6.83. The van der Waals surface area contributed by atoms with Gasteiger partial charge >= 0.3 is 0 Å². The number of carbonyl (C=O) groups is 1. The molecule has 3 rings (SSSR count). The third-order valence-electron chi connectivity index (χ3n) is 4.65. The van der Waals surface area contributed by atoms with Crippen LogP contribution in [-0.4, -0.2) is 33.6 Å². The summed E-state index contributed by atoms with van der Waals surface area (Å²) in [6.45, 7) is 4.25. The average molecular weight is 440 g/mol. The normalized spacial score (nSPS) is 10.8. The van der Waals surface area contributed by atoms with Crippen LogP contribution in [0.15, 0.2) is 58.5 Å². The number of rotatable bonds is 8. The lowest BCUT2D eigenvalue weighted by Gasteiger charge is -2.09. The van der Waals surface area contributed by atoms with Crippen LogP contribution in [0, 0.1) is 0 Å². The Morgan fingerprint density at radius 1 is 1.13 bits per heavy atom. The molecular formula is C22H25N5O3S. The molecule has 8 nitrogen and oxygen atoms in total. The Morgan fingerprint density at radius 3 is 2.42 bits per heavy atom. The number of nitrogens with two attached hydrogens (primary N) is 1. The van der Waals surface area contributed by atoms with E-state index < -0.39 is 5.56 Å². The second-order valence-corrected chi connectivity index (χ2v) is 8.19. The number of hydrogen-bond donors (Lipinski definition) is 2. The maximum atomic E-state index is 12.6. The quantitative estimate of drug-likeness (QED) is 0.410. The van der Waals surface area contributed by atoms with Crippen LogP contribution in [0.3, 0.4) is 0 Å². The molecule has 31 heavy (non-hydrogen) atoms. The van der Waals surface area contributed by atoms with Gasteiger partial charge in [-0.2, -0.15) is 4.68 Å². The second kappa shape index (κ2) is 10.1. The lowest BCUT2D eigenvalue weighted by molar-refractivity contribution is -0.113. The van der Waals surface area contributed by atoms with Crippen molar-refractivity contribution in [1.82, 2.24) is 14.9 Å². The smallest absolute Gasteiger partial charge is 0.294 e. The number of nitrogens with one attached hydrogen (secondary N) is 1. The average Bonchev–Trinajstić information content (AvgIpc) is 2.77. The highest BCUT2D eigenvalue weighted by atomic mass is 32.2. The first-order valence-electron chi connectivity index (χ1n) is 9.76. The van der Waals surface area contributed by atoms with Crippen LogP contribution in [0.2, 0.25) is 0 Å². The van der Waals surface area contributed by atoms with Gasteiger partial charge in [0.15, 0.2) is 0 Å². The summed E-state index contributed by atoms with van der Waals surface area (Å²) in [7, 11) is 1.57. The van der Waals surface area contributed by atoms with E-state index in [1.165, 1.54) is 5.56 Å². The highest BCUT2D eigenvalue weighted by Crippen LogP contribution is 2.18. The van der Waals surface area contributed by atoms with Crippen molar-refractivity contribution in [3.63, 3.8) is 0 Å². The van der Waals surface area contributed by atoms with E-state index in [0.29, 0.717) is 23.8 Å². The van der Waals surface area contributed by atoms with Crippen LogP contribution >= 0.6 is 11.8 Å². The summed E-state index contributed by atoms with van der Waals surface area (Å²) in [5, 5.41) is 11.0. The van der Waals surface area contributed by atoms with Gasteiger partial charge in [-0.05, 0) is 41.3 Å². The highest BCUT2D eigenvalue weighted by molar-refractivity contribution is 7.99. The third kappa shape index (κ3) is 5.85. The zero-order valence-corrected chi connectivity index (χ0v) is 18.5. The number of thioether (sulfide) groups is 1. The second-order valence-electron chi connectivity index (χ2n) is 7.24. The summed E-state index contributed by atoms with van der Waals surface area (Å²) >= 11 is 1.04. The molecule has 162 valence electrons. The van der Waals surface area contributed by atoms with Gasteiger partial charge in [0.1, 0.15) is 11.4 Å². The molecule has 0 atom stereocenters. The Bertz CT molecular complexity index is 1100. The molecule has 0 unspecified atom stereocenters.